The average molecular weight is 228 g/mol. The lowest BCUT2D eigenvalue weighted by atomic mass is 9.67. The molecule has 2 saturated carbocycles. The first-order valence-electron chi connectivity index (χ1n) is 6.53. The molecular weight excluding hydrogens is 212 g/mol. The minimum atomic E-state index is -0.330. The Kier molecular flexibility index (Phi) is 1.52. The van der Waals surface area contributed by atoms with Gasteiger partial charge in [-0.1, -0.05) is 18.2 Å². The summed E-state index contributed by atoms with van der Waals surface area (Å²) >= 11 is 0. The third kappa shape index (κ3) is 0.943. The van der Waals surface area contributed by atoms with Crippen LogP contribution in [0, 0.1) is 28.6 Å². The fraction of sp³-hybridized carbons (Fsp3) is 0.600. The number of fused-ring (bicyclic) bond motifs is 6. The molecule has 1 spiro atoms. The van der Waals surface area contributed by atoms with Gasteiger partial charge in [-0.15, -0.1) is 0 Å². The molecule has 2 nitrogen and oxygen atoms in total. The van der Waals surface area contributed by atoms with Gasteiger partial charge >= 0.3 is 0 Å². The number of hydrogen-bond donors (Lipinski definition) is 0. The fourth-order valence-corrected chi connectivity index (χ4v) is 4.67. The maximum Gasteiger partial charge on any atom is 0.159 e. The maximum absolute atomic E-state index is 12.2. The molecule has 2 heteroatoms. The average Bonchev–Trinajstić information content (AvgIpc) is 2.86. The zero-order chi connectivity index (χ0) is 11.8. The van der Waals surface area contributed by atoms with Crippen LogP contribution in [-0.4, -0.2) is 11.6 Å². The zero-order valence-electron chi connectivity index (χ0n) is 9.98. The Balaban J connectivity index is 1.91. The van der Waals surface area contributed by atoms with E-state index in [0.717, 1.165) is 6.42 Å². The van der Waals surface area contributed by atoms with Crippen molar-refractivity contribution in [2.24, 2.45) is 28.6 Å². The predicted molar refractivity (Wildman–Crippen MR) is 63.2 cm³/mol. The van der Waals surface area contributed by atoms with Crippen molar-refractivity contribution in [3.63, 3.8) is 0 Å². The first kappa shape index (κ1) is 9.81. The molecule has 88 valence electrons. The molecule has 0 saturated heterocycles. The van der Waals surface area contributed by atoms with E-state index >= 15 is 0 Å². The van der Waals surface area contributed by atoms with Gasteiger partial charge in [0.25, 0.3) is 0 Å². The summed E-state index contributed by atoms with van der Waals surface area (Å²) in [5.41, 5.74) is -0.0662. The number of rotatable bonds is 1. The van der Waals surface area contributed by atoms with Crippen LogP contribution in [0.1, 0.15) is 26.2 Å². The van der Waals surface area contributed by atoms with Gasteiger partial charge in [0, 0.05) is 5.92 Å². The molecule has 17 heavy (non-hydrogen) atoms. The molecule has 0 unspecified atom stereocenters. The Morgan fingerprint density at radius 2 is 2.12 bits per heavy atom. The van der Waals surface area contributed by atoms with Crippen LogP contribution < -0.4 is 0 Å². The molecule has 0 amide bonds. The van der Waals surface area contributed by atoms with Gasteiger partial charge in [0.15, 0.2) is 5.78 Å². The third-order valence-electron chi connectivity index (χ3n) is 5.63. The molecule has 0 aliphatic heterocycles. The third-order valence-corrected chi connectivity index (χ3v) is 5.63. The van der Waals surface area contributed by atoms with Crippen LogP contribution in [0.5, 0.6) is 0 Å². The molecule has 4 aliphatic carbocycles. The Morgan fingerprint density at radius 3 is 2.76 bits per heavy atom. The van der Waals surface area contributed by atoms with Gasteiger partial charge in [-0.2, -0.15) is 0 Å². The van der Waals surface area contributed by atoms with Gasteiger partial charge in [0.05, 0.1) is 5.41 Å². The highest BCUT2D eigenvalue weighted by Gasteiger charge is 2.68. The van der Waals surface area contributed by atoms with Crippen LogP contribution in [0.25, 0.3) is 0 Å². The zero-order valence-corrected chi connectivity index (χ0v) is 9.98. The van der Waals surface area contributed by atoms with E-state index in [-0.39, 0.29) is 28.3 Å². The van der Waals surface area contributed by atoms with E-state index < -0.39 is 0 Å². The first-order chi connectivity index (χ1) is 8.09. The van der Waals surface area contributed by atoms with Crippen molar-refractivity contribution in [3.05, 3.63) is 24.3 Å². The quantitative estimate of drug-likeness (QED) is 0.645. The summed E-state index contributed by atoms with van der Waals surface area (Å²) in [5.74, 6) is 1.26. The highest BCUT2D eigenvalue weighted by Crippen LogP contribution is 2.71. The number of Topliss-reactive ketones (excluding diaryl/α,β-unsaturated/α-hetero) is 1. The molecule has 0 heterocycles. The van der Waals surface area contributed by atoms with Gasteiger partial charge in [-0.25, -0.2) is 0 Å². The lowest BCUT2D eigenvalue weighted by molar-refractivity contribution is -0.127. The summed E-state index contributed by atoms with van der Waals surface area (Å²) < 4.78 is 0. The molecule has 0 radical (unpaired) electrons. The summed E-state index contributed by atoms with van der Waals surface area (Å²) in [4.78, 5) is 24.1. The normalized spacial score (nSPS) is 47.6. The second kappa shape index (κ2) is 2.63. The molecule has 2 fully saturated rings. The van der Waals surface area contributed by atoms with E-state index in [9.17, 15) is 9.59 Å². The second-order valence-electron chi connectivity index (χ2n) is 6.29. The van der Waals surface area contributed by atoms with Crippen LogP contribution in [-0.2, 0) is 9.59 Å². The molecule has 2 bridgehead atoms. The Morgan fingerprint density at radius 1 is 1.35 bits per heavy atom. The molecule has 0 aromatic heterocycles. The summed E-state index contributed by atoms with van der Waals surface area (Å²) in [5, 5.41) is 0. The van der Waals surface area contributed by atoms with E-state index in [4.69, 9.17) is 0 Å². The monoisotopic (exact) mass is 228 g/mol. The van der Waals surface area contributed by atoms with Crippen LogP contribution in [0.2, 0.25) is 0 Å². The highest BCUT2D eigenvalue weighted by molar-refractivity contribution is 5.98. The maximum atomic E-state index is 12.2. The number of carbonyl (C=O) groups is 2. The van der Waals surface area contributed by atoms with Crippen LogP contribution in [0.4, 0.5) is 0 Å². The number of hydrogen-bond acceptors (Lipinski definition) is 2. The van der Waals surface area contributed by atoms with Crippen molar-refractivity contribution in [3.8, 4) is 0 Å². The summed E-state index contributed by atoms with van der Waals surface area (Å²) in [6, 6.07) is 0. The van der Waals surface area contributed by atoms with E-state index in [1.807, 2.05) is 6.08 Å². The van der Waals surface area contributed by atoms with Crippen molar-refractivity contribution in [2.45, 2.75) is 26.2 Å². The van der Waals surface area contributed by atoms with Gasteiger partial charge in [-0.05, 0) is 49.5 Å². The van der Waals surface area contributed by atoms with Gasteiger partial charge < -0.3 is 0 Å². The fourth-order valence-electron chi connectivity index (χ4n) is 4.67. The molecule has 4 atom stereocenters. The van der Waals surface area contributed by atoms with Crippen molar-refractivity contribution in [2.75, 3.05) is 0 Å². The van der Waals surface area contributed by atoms with E-state index in [2.05, 4.69) is 12.2 Å². The minimum Gasteiger partial charge on any atom is -0.299 e. The van der Waals surface area contributed by atoms with Gasteiger partial charge in [-0.3, -0.25) is 9.59 Å². The molecule has 0 aromatic carbocycles. The van der Waals surface area contributed by atoms with Crippen molar-refractivity contribution < 1.29 is 9.59 Å². The second-order valence-corrected chi connectivity index (χ2v) is 6.29. The van der Waals surface area contributed by atoms with Crippen molar-refractivity contribution in [1.82, 2.24) is 0 Å². The van der Waals surface area contributed by atoms with Crippen LogP contribution >= 0.6 is 0 Å². The minimum absolute atomic E-state index is 0.0742. The smallest absolute Gasteiger partial charge is 0.159 e. The number of allylic oxidation sites excluding steroid dienone is 4. The van der Waals surface area contributed by atoms with Crippen LogP contribution in [0.15, 0.2) is 24.3 Å². The van der Waals surface area contributed by atoms with Gasteiger partial charge in [0.2, 0.25) is 0 Å². The van der Waals surface area contributed by atoms with E-state index in [0.29, 0.717) is 11.8 Å². The molecule has 4 rings (SSSR count). The molecule has 0 N–H and O–H groups in total. The van der Waals surface area contributed by atoms with E-state index in [1.54, 1.807) is 13.0 Å². The lowest BCUT2D eigenvalue weighted by Gasteiger charge is -2.34. The SMILES string of the molecule is CC(=O)[C@]12C=CC(=O)[C@H](C1)[C@@H]1C=CC3(CC3)[C@@H]12. The summed E-state index contributed by atoms with van der Waals surface area (Å²) in [6.45, 7) is 1.70. The highest BCUT2D eigenvalue weighted by atomic mass is 16.1. The van der Waals surface area contributed by atoms with Crippen molar-refractivity contribution in [1.29, 1.82) is 0 Å². The summed E-state index contributed by atoms with van der Waals surface area (Å²) in [6.07, 6.45) is 11.3. The number of ketones is 2. The summed E-state index contributed by atoms with van der Waals surface area (Å²) in [7, 11) is 0. The standard InChI is InChI=1S/C15H16O2/c1-9(16)15-5-3-12(17)11(8-15)10-2-4-14(6-7-14)13(10)15/h2-5,10-11,13H,6-8H2,1H3/t10-,11+,13+,15-/m0/s1. The van der Waals surface area contributed by atoms with Crippen LogP contribution in [0.3, 0.4) is 0 Å². The largest absolute Gasteiger partial charge is 0.299 e. The Bertz CT molecular complexity index is 495. The first-order valence-corrected chi connectivity index (χ1v) is 6.53. The topological polar surface area (TPSA) is 34.1 Å². The van der Waals surface area contributed by atoms with Crippen molar-refractivity contribution >= 4 is 11.6 Å². The lowest BCUT2D eigenvalue weighted by Crippen LogP contribution is -2.37. The number of carbonyl (C=O) groups excluding carboxylic acids is 2. The van der Waals surface area contributed by atoms with Gasteiger partial charge in [0.1, 0.15) is 5.78 Å². The van der Waals surface area contributed by atoms with E-state index in [1.165, 1.54) is 12.8 Å². The Hall–Kier alpha value is -1.18. The molecule has 0 aromatic rings. The molecule has 4 aliphatic rings. The molecular formula is C15H16O2. The predicted octanol–water partition coefficient (Wildman–Crippen LogP) is 2.30. The Labute approximate surface area is 101 Å².